The second-order valence-corrected chi connectivity index (χ2v) is 4.87. The highest BCUT2D eigenvalue weighted by atomic mass is 35.5. The lowest BCUT2D eigenvalue weighted by Crippen LogP contribution is -2.38. The van der Waals surface area contributed by atoms with Gasteiger partial charge in [0.25, 0.3) is 0 Å². The molecule has 1 aliphatic carbocycles. The van der Waals surface area contributed by atoms with Crippen molar-refractivity contribution in [2.45, 2.75) is 43.1 Å². The quantitative estimate of drug-likeness (QED) is 0.532. The normalized spacial score (nSPS) is 41.9. The number of alkyl halides is 1. The summed E-state index contributed by atoms with van der Waals surface area (Å²) < 4.78 is 4.73. The molecule has 4 unspecified atom stereocenters. The fourth-order valence-electron chi connectivity index (χ4n) is 2.62. The number of esters is 1. The van der Waals surface area contributed by atoms with Crippen LogP contribution in [0.15, 0.2) is 0 Å². The van der Waals surface area contributed by atoms with Gasteiger partial charge in [-0.2, -0.15) is 0 Å². The van der Waals surface area contributed by atoms with E-state index in [1.807, 2.05) is 0 Å². The Balaban J connectivity index is 1.95. The number of methoxy groups -OCH3 is 1. The summed E-state index contributed by atoms with van der Waals surface area (Å²) in [4.78, 5) is 11.3. The molecule has 2 rings (SSSR count). The Labute approximate surface area is 89.1 Å². The molecule has 0 aromatic rings. The maximum Gasteiger partial charge on any atom is 0.322 e. The van der Waals surface area contributed by atoms with Crippen molar-refractivity contribution < 1.29 is 9.53 Å². The van der Waals surface area contributed by atoms with E-state index in [-0.39, 0.29) is 12.0 Å². The summed E-state index contributed by atoms with van der Waals surface area (Å²) in [5.41, 5.74) is 0. The maximum absolute atomic E-state index is 11.3. The van der Waals surface area contributed by atoms with E-state index in [1.54, 1.807) is 0 Å². The Morgan fingerprint density at radius 2 is 2.21 bits per heavy atom. The Kier molecular flexibility index (Phi) is 2.98. The fourth-order valence-corrected chi connectivity index (χ4v) is 2.98. The van der Waals surface area contributed by atoms with Crippen molar-refractivity contribution in [3.63, 3.8) is 0 Å². The number of rotatable bonds is 1. The van der Waals surface area contributed by atoms with Crippen molar-refractivity contribution in [1.82, 2.24) is 5.32 Å². The predicted molar refractivity (Wildman–Crippen MR) is 54.3 cm³/mol. The van der Waals surface area contributed by atoms with Crippen LogP contribution in [-0.2, 0) is 9.53 Å². The summed E-state index contributed by atoms with van der Waals surface area (Å²) in [6.07, 6.45) is 4.07. The summed E-state index contributed by atoms with van der Waals surface area (Å²) in [7, 11) is 1.44. The largest absolute Gasteiger partial charge is 0.468 e. The van der Waals surface area contributed by atoms with E-state index in [0.717, 1.165) is 25.7 Å². The molecular weight excluding hydrogens is 202 g/mol. The predicted octanol–water partition coefficient (Wildman–Crippen LogP) is 1.30. The molecule has 3 nitrogen and oxygen atoms in total. The molecule has 2 aliphatic rings. The van der Waals surface area contributed by atoms with E-state index < -0.39 is 0 Å². The number of hydrogen-bond donors (Lipinski definition) is 1. The van der Waals surface area contributed by atoms with Gasteiger partial charge in [0.2, 0.25) is 0 Å². The molecule has 0 aromatic heterocycles. The lowest BCUT2D eigenvalue weighted by Gasteiger charge is -2.27. The Bertz CT molecular complexity index is 234. The van der Waals surface area contributed by atoms with Crippen LogP contribution in [0.4, 0.5) is 0 Å². The molecule has 1 aliphatic heterocycles. The molecular formula is C10H16ClNO2. The number of nitrogens with one attached hydrogen (secondary N) is 1. The maximum atomic E-state index is 11.3. The van der Waals surface area contributed by atoms with Crippen LogP contribution in [0.2, 0.25) is 0 Å². The van der Waals surface area contributed by atoms with Gasteiger partial charge < -0.3 is 10.1 Å². The SMILES string of the molecule is COC(=O)C1CC2CC(Cl)CCC2N1. The number of hydrogen-bond acceptors (Lipinski definition) is 3. The summed E-state index contributed by atoms with van der Waals surface area (Å²) in [6, 6.07) is 0.381. The summed E-state index contributed by atoms with van der Waals surface area (Å²) in [5.74, 6) is 0.431. The first-order valence-corrected chi connectivity index (χ1v) is 5.62. The van der Waals surface area contributed by atoms with E-state index in [2.05, 4.69) is 5.32 Å². The van der Waals surface area contributed by atoms with E-state index in [1.165, 1.54) is 7.11 Å². The van der Waals surface area contributed by atoms with Gasteiger partial charge in [0.05, 0.1) is 7.11 Å². The lowest BCUT2D eigenvalue weighted by atomic mass is 9.84. The van der Waals surface area contributed by atoms with E-state index in [0.29, 0.717) is 17.3 Å². The van der Waals surface area contributed by atoms with Gasteiger partial charge in [0.15, 0.2) is 0 Å². The van der Waals surface area contributed by atoms with Crippen molar-refractivity contribution in [2.24, 2.45) is 5.92 Å². The van der Waals surface area contributed by atoms with Crippen LogP contribution in [0.25, 0.3) is 0 Å². The van der Waals surface area contributed by atoms with Crippen molar-refractivity contribution in [3.05, 3.63) is 0 Å². The molecule has 0 radical (unpaired) electrons. The third-order valence-corrected chi connectivity index (χ3v) is 3.75. The number of carbonyl (C=O) groups is 1. The molecule has 1 saturated carbocycles. The highest BCUT2D eigenvalue weighted by molar-refractivity contribution is 6.20. The molecule has 2 fully saturated rings. The minimum Gasteiger partial charge on any atom is -0.468 e. The van der Waals surface area contributed by atoms with Gasteiger partial charge in [-0.3, -0.25) is 4.79 Å². The van der Waals surface area contributed by atoms with Crippen LogP contribution in [0.5, 0.6) is 0 Å². The number of fused-ring (bicyclic) bond motifs is 1. The second-order valence-electron chi connectivity index (χ2n) is 4.26. The first kappa shape index (κ1) is 10.2. The van der Waals surface area contributed by atoms with Crippen LogP contribution < -0.4 is 5.32 Å². The molecule has 1 N–H and O–H groups in total. The number of ether oxygens (including phenoxy) is 1. The topological polar surface area (TPSA) is 38.3 Å². The number of carbonyl (C=O) groups excluding carboxylic acids is 1. The monoisotopic (exact) mass is 217 g/mol. The van der Waals surface area contributed by atoms with Crippen molar-refractivity contribution >= 4 is 17.6 Å². The van der Waals surface area contributed by atoms with Gasteiger partial charge >= 0.3 is 5.97 Å². The van der Waals surface area contributed by atoms with Crippen LogP contribution in [-0.4, -0.2) is 30.5 Å². The average molecular weight is 218 g/mol. The van der Waals surface area contributed by atoms with E-state index >= 15 is 0 Å². The van der Waals surface area contributed by atoms with Crippen molar-refractivity contribution in [2.75, 3.05) is 7.11 Å². The van der Waals surface area contributed by atoms with Gasteiger partial charge in [-0.25, -0.2) is 0 Å². The zero-order valence-corrected chi connectivity index (χ0v) is 9.09. The average Bonchev–Trinajstić information content (AvgIpc) is 2.59. The Hall–Kier alpha value is -0.280. The van der Waals surface area contributed by atoms with Crippen LogP contribution in [0.1, 0.15) is 25.7 Å². The summed E-state index contributed by atoms with van der Waals surface area (Å²) in [6.45, 7) is 0. The van der Waals surface area contributed by atoms with Crippen LogP contribution in [0.3, 0.4) is 0 Å². The first-order chi connectivity index (χ1) is 6.70. The smallest absolute Gasteiger partial charge is 0.322 e. The molecule has 1 saturated heterocycles. The zero-order chi connectivity index (χ0) is 10.1. The second kappa shape index (κ2) is 4.07. The molecule has 14 heavy (non-hydrogen) atoms. The van der Waals surface area contributed by atoms with Gasteiger partial charge in [0, 0.05) is 11.4 Å². The molecule has 80 valence electrons. The highest BCUT2D eigenvalue weighted by Gasteiger charge is 2.40. The van der Waals surface area contributed by atoms with Crippen molar-refractivity contribution in [1.29, 1.82) is 0 Å². The third-order valence-electron chi connectivity index (χ3n) is 3.36. The lowest BCUT2D eigenvalue weighted by molar-refractivity contribution is -0.142. The summed E-state index contributed by atoms with van der Waals surface area (Å²) >= 11 is 6.10. The van der Waals surface area contributed by atoms with Crippen LogP contribution in [0, 0.1) is 5.92 Å². The van der Waals surface area contributed by atoms with Gasteiger partial charge in [-0.1, -0.05) is 0 Å². The molecule has 4 heteroatoms. The fraction of sp³-hybridized carbons (Fsp3) is 0.900. The molecule has 0 bridgehead atoms. The zero-order valence-electron chi connectivity index (χ0n) is 8.33. The Morgan fingerprint density at radius 1 is 1.43 bits per heavy atom. The summed E-state index contributed by atoms with van der Waals surface area (Å²) in [5, 5.41) is 3.63. The standard InChI is InChI=1S/C10H16ClNO2/c1-14-10(13)9-5-6-4-7(11)2-3-8(6)12-9/h6-9,12H,2-5H2,1H3. The molecule has 0 aromatic carbocycles. The van der Waals surface area contributed by atoms with Crippen LogP contribution >= 0.6 is 11.6 Å². The van der Waals surface area contributed by atoms with E-state index in [9.17, 15) is 4.79 Å². The van der Waals surface area contributed by atoms with E-state index in [4.69, 9.17) is 16.3 Å². The molecule has 0 spiro atoms. The molecule has 4 atom stereocenters. The number of halogens is 1. The van der Waals surface area contributed by atoms with Gasteiger partial charge in [0.1, 0.15) is 6.04 Å². The molecule has 1 heterocycles. The third kappa shape index (κ3) is 1.89. The highest BCUT2D eigenvalue weighted by Crippen LogP contribution is 2.35. The minimum absolute atomic E-state index is 0.100. The van der Waals surface area contributed by atoms with Gasteiger partial charge in [-0.15, -0.1) is 11.6 Å². The van der Waals surface area contributed by atoms with Crippen molar-refractivity contribution in [3.8, 4) is 0 Å². The Morgan fingerprint density at radius 3 is 2.93 bits per heavy atom. The van der Waals surface area contributed by atoms with Gasteiger partial charge in [-0.05, 0) is 31.6 Å². The minimum atomic E-state index is -0.134. The first-order valence-electron chi connectivity index (χ1n) is 5.18. The molecule has 0 amide bonds.